The van der Waals surface area contributed by atoms with Crippen LogP contribution in [-0.2, 0) is 0 Å². The van der Waals surface area contributed by atoms with E-state index in [0.717, 1.165) is 17.1 Å². The van der Waals surface area contributed by atoms with Crippen LogP contribution in [0.1, 0.15) is 16.8 Å². The van der Waals surface area contributed by atoms with Gasteiger partial charge in [-0.15, -0.1) is 11.8 Å². The van der Waals surface area contributed by atoms with E-state index in [-0.39, 0.29) is 11.7 Å². The molecule has 2 aromatic carbocycles. The van der Waals surface area contributed by atoms with E-state index >= 15 is 0 Å². The summed E-state index contributed by atoms with van der Waals surface area (Å²) in [5.41, 5.74) is 5.97. The molecular weight excluding hydrogens is 329 g/mol. The normalized spacial score (nSPS) is 10.2. The number of carbonyl (C=O) groups excluding carboxylic acids is 2. The van der Waals surface area contributed by atoms with Crippen molar-refractivity contribution < 1.29 is 14.0 Å². The van der Waals surface area contributed by atoms with Gasteiger partial charge in [0.1, 0.15) is 5.82 Å². The Bertz CT molecular complexity index is 707. The number of halogens is 1. The van der Waals surface area contributed by atoms with Crippen molar-refractivity contribution in [1.29, 1.82) is 0 Å². The van der Waals surface area contributed by atoms with Crippen LogP contribution in [0.3, 0.4) is 0 Å². The maximum Gasteiger partial charge on any atom is 0.316 e. The van der Waals surface area contributed by atoms with Gasteiger partial charge in [-0.3, -0.25) is 4.79 Å². The summed E-state index contributed by atoms with van der Waals surface area (Å²) in [6, 6.07) is 12.2. The summed E-state index contributed by atoms with van der Waals surface area (Å²) in [6.45, 7) is 0.528. The molecule has 7 heteroatoms. The van der Waals surface area contributed by atoms with E-state index < -0.39 is 6.03 Å². The lowest BCUT2D eigenvalue weighted by Gasteiger charge is -2.07. The summed E-state index contributed by atoms with van der Waals surface area (Å²) in [6.07, 6.45) is 0.785. The van der Waals surface area contributed by atoms with Gasteiger partial charge in [-0.25, -0.2) is 9.18 Å². The van der Waals surface area contributed by atoms with E-state index in [0.29, 0.717) is 17.8 Å². The summed E-state index contributed by atoms with van der Waals surface area (Å²) >= 11 is 1.61. The number of urea groups is 1. The number of anilines is 1. The molecule has 0 aliphatic carbocycles. The lowest BCUT2D eigenvalue weighted by atomic mass is 10.2. The van der Waals surface area contributed by atoms with Crippen molar-refractivity contribution in [2.75, 3.05) is 17.6 Å². The minimum absolute atomic E-state index is 0.213. The van der Waals surface area contributed by atoms with Gasteiger partial charge < -0.3 is 16.4 Å². The molecule has 0 saturated carbocycles. The SMILES string of the molecule is NC(=O)Nc1cccc(C(=O)NCCCSc2ccc(F)cc2)c1. The second kappa shape index (κ2) is 8.93. The highest BCUT2D eigenvalue weighted by Crippen LogP contribution is 2.18. The molecule has 2 aromatic rings. The molecule has 0 saturated heterocycles. The Morgan fingerprint density at radius 2 is 1.88 bits per heavy atom. The van der Waals surface area contributed by atoms with Crippen LogP contribution in [0.4, 0.5) is 14.9 Å². The third-order valence-electron chi connectivity index (χ3n) is 3.08. The predicted octanol–water partition coefficient (Wildman–Crippen LogP) is 3.23. The Morgan fingerprint density at radius 1 is 1.12 bits per heavy atom. The fraction of sp³-hybridized carbons (Fsp3) is 0.176. The molecule has 126 valence electrons. The number of benzene rings is 2. The minimum Gasteiger partial charge on any atom is -0.352 e. The van der Waals surface area contributed by atoms with Gasteiger partial charge in [-0.05, 0) is 54.6 Å². The standard InChI is InChI=1S/C17H18FN3O2S/c18-13-5-7-15(8-6-13)24-10-2-9-20-16(22)12-3-1-4-14(11-12)21-17(19)23/h1,3-8,11H,2,9-10H2,(H,20,22)(H3,19,21,23). The van der Waals surface area contributed by atoms with Crippen LogP contribution in [0.5, 0.6) is 0 Å². The quantitative estimate of drug-likeness (QED) is 0.531. The molecule has 5 nitrogen and oxygen atoms in total. The Labute approximate surface area is 143 Å². The molecule has 0 aliphatic rings. The van der Waals surface area contributed by atoms with Crippen LogP contribution >= 0.6 is 11.8 Å². The molecule has 0 radical (unpaired) electrons. The van der Waals surface area contributed by atoms with E-state index in [4.69, 9.17) is 5.73 Å². The predicted molar refractivity (Wildman–Crippen MR) is 93.7 cm³/mol. The number of carbonyl (C=O) groups is 2. The van der Waals surface area contributed by atoms with E-state index in [1.165, 1.54) is 12.1 Å². The van der Waals surface area contributed by atoms with Gasteiger partial charge in [0.15, 0.2) is 0 Å². The molecule has 2 rings (SSSR count). The zero-order valence-corrected chi connectivity index (χ0v) is 13.7. The first-order valence-electron chi connectivity index (χ1n) is 7.37. The lowest BCUT2D eigenvalue weighted by molar-refractivity contribution is 0.0954. The van der Waals surface area contributed by atoms with E-state index in [1.807, 2.05) is 0 Å². The average Bonchev–Trinajstić information content (AvgIpc) is 2.55. The first-order chi connectivity index (χ1) is 11.5. The molecule has 0 aromatic heterocycles. The Hall–Kier alpha value is -2.54. The van der Waals surface area contributed by atoms with Crippen molar-refractivity contribution >= 4 is 29.4 Å². The molecule has 4 N–H and O–H groups in total. The average molecular weight is 347 g/mol. The first-order valence-corrected chi connectivity index (χ1v) is 8.36. The summed E-state index contributed by atoms with van der Waals surface area (Å²) in [7, 11) is 0. The summed E-state index contributed by atoms with van der Waals surface area (Å²) in [5, 5.41) is 5.25. The third-order valence-corrected chi connectivity index (χ3v) is 4.18. The summed E-state index contributed by atoms with van der Waals surface area (Å²) < 4.78 is 12.8. The van der Waals surface area contributed by atoms with Crippen molar-refractivity contribution in [3.63, 3.8) is 0 Å². The molecule has 0 fully saturated rings. The third kappa shape index (κ3) is 5.92. The molecule has 0 unspecified atom stereocenters. The van der Waals surface area contributed by atoms with Crippen molar-refractivity contribution in [1.82, 2.24) is 5.32 Å². The number of primary amides is 1. The Morgan fingerprint density at radius 3 is 2.58 bits per heavy atom. The van der Waals surface area contributed by atoms with Crippen LogP contribution in [0.25, 0.3) is 0 Å². The van der Waals surface area contributed by atoms with Gasteiger partial charge in [-0.1, -0.05) is 6.07 Å². The summed E-state index contributed by atoms with van der Waals surface area (Å²) in [5.74, 6) is 0.351. The number of hydrogen-bond donors (Lipinski definition) is 3. The highest BCUT2D eigenvalue weighted by molar-refractivity contribution is 7.99. The number of thioether (sulfide) groups is 1. The van der Waals surface area contributed by atoms with Crippen LogP contribution in [-0.4, -0.2) is 24.2 Å². The number of nitrogens with two attached hydrogens (primary N) is 1. The van der Waals surface area contributed by atoms with Crippen molar-refractivity contribution in [3.05, 3.63) is 59.9 Å². The largest absolute Gasteiger partial charge is 0.352 e. The Kier molecular flexibility index (Phi) is 6.62. The topological polar surface area (TPSA) is 84.2 Å². The first kappa shape index (κ1) is 17.8. The zero-order chi connectivity index (χ0) is 17.4. The summed E-state index contributed by atoms with van der Waals surface area (Å²) in [4.78, 5) is 23.9. The monoisotopic (exact) mass is 347 g/mol. The maximum atomic E-state index is 12.8. The zero-order valence-electron chi connectivity index (χ0n) is 12.9. The molecule has 0 atom stereocenters. The van der Waals surface area contributed by atoms with Crippen molar-refractivity contribution in [2.24, 2.45) is 5.73 Å². The molecule has 24 heavy (non-hydrogen) atoms. The van der Waals surface area contributed by atoms with Gasteiger partial charge in [0, 0.05) is 22.7 Å². The smallest absolute Gasteiger partial charge is 0.316 e. The molecule has 3 amide bonds. The number of amides is 3. The van der Waals surface area contributed by atoms with Gasteiger partial charge >= 0.3 is 6.03 Å². The van der Waals surface area contributed by atoms with E-state index in [9.17, 15) is 14.0 Å². The van der Waals surface area contributed by atoms with Crippen LogP contribution in [0, 0.1) is 5.82 Å². The molecule has 0 aliphatic heterocycles. The highest BCUT2D eigenvalue weighted by Gasteiger charge is 2.06. The van der Waals surface area contributed by atoms with Crippen LogP contribution < -0.4 is 16.4 Å². The molecule has 0 bridgehead atoms. The number of hydrogen-bond acceptors (Lipinski definition) is 3. The molecule has 0 spiro atoms. The van der Waals surface area contributed by atoms with Gasteiger partial charge in [0.25, 0.3) is 5.91 Å². The van der Waals surface area contributed by atoms with Crippen molar-refractivity contribution in [2.45, 2.75) is 11.3 Å². The van der Waals surface area contributed by atoms with Crippen LogP contribution in [0.2, 0.25) is 0 Å². The minimum atomic E-state index is -0.676. The van der Waals surface area contributed by atoms with Gasteiger partial charge in [0.05, 0.1) is 0 Å². The highest BCUT2D eigenvalue weighted by atomic mass is 32.2. The molecule has 0 heterocycles. The lowest BCUT2D eigenvalue weighted by Crippen LogP contribution is -2.25. The van der Waals surface area contributed by atoms with E-state index in [2.05, 4.69) is 10.6 Å². The fourth-order valence-corrected chi connectivity index (χ4v) is 2.83. The fourth-order valence-electron chi connectivity index (χ4n) is 1.98. The number of nitrogens with one attached hydrogen (secondary N) is 2. The Balaban J connectivity index is 1.73. The van der Waals surface area contributed by atoms with E-state index in [1.54, 1.807) is 48.2 Å². The maximum absolute atomic E-state index is 12.8. The van der Waals surface area contributed by atoms with Crippen molar-refractivity contribution in [3.8, 4) is 0 Å². The van der Waals surface area contributed by atoms with Gasteiger partial charge in [-0.2, -0.15) is 0 Å². The molecular formula is C17H18FN3O2S. The van der Waals surface area contributed by atoms with Crippen LogP contribution in [0.15, 0.2) is 53.4 Å². The second-order valence-electron chi connectivity index (χ2n) is 4.98. The second-order valence-corrected chi connectivity index (χ2v) is 6.15. The van der Waals surface area contributed by atoms with Gasteiger partial charge in [0.2, 0.25) is 0 Å². The number of rotatable bonds is 7.